The van der Waals surface area contributed by atoms with Crippen molar-refractivity contribution in [1.82, 2.24) is 0 Å². The number of thioether (sulfide) groups is 1. The van der Waals surface area contributed by atoms with E-state index in [-0.39, 0.29) is 6.04 Å². The molecule has 0 spiro atoms. The number of hydrogen-bond acceptors (Lipinski definition) is 2. The topological polar surface area (TPSA) is 26.0 Å². The van der Waals surface area contributed by atoms with Gasteiger partial charge in [-0.25, -0.2) is 0 Å². The van der Waals surface area contributed by atoms with E-state index in [0.29, 0.717) is 5.92 Å². The van der Waals surface area contributed by atoms with Crippen LogP contribution < -0.4 is 5.73 Å². The van der Waals surface area contributed by atoms with E-state index < -0.39 is 0 Å². The molecule has 2 rings (SSSR count). The molecular formula is C11H14ClNS. The molecule has 0 aromatic heterocycles. The normalized spacial score (nSPS) is 22.9. The molecule has 1 aliphatic rings. The van der Waals surface area contributed by atoms with Gasteiger partial charge in [0.15, 0.2) is 0 Å². The molecule has 0 bridgehead atoms. The molecule has 76 valence electrons. The van der Waals surface area contributed by atoms with Crippen LogP contribution in [0.5, 0.6) is 0 Å². The molecule has 2 unspecified atom stereocenters. The number of rotatable bonds is 1. The second-order valence-corrected chi connectivity index (χ2v) is 5.36. The number of hydrogen-bond donors (Lipinski definition) is 1. The van der Waals surface area contributed by atoms with Crippen molar-refractivity contribution < 1.29 is 0 Å². The number of benzene rings is 1. The summed E-state index contributed by atoms with van der Waals surface area (Å²) in [7, 11) is 0. The molecular weight excluding hydrogens is 214 g/mol. The highest BCUT2D eigenvalue weighted by Gasteiger charge is 2.23. The summed E-state index contributed by atoms with van der Waals surface area (Å²) in [6.45, 7) is 2.08. The van der Waals surface area contributed by atoms with Crippen LogP contribution in [-0.2, 0) is 0 Å². The van der Waals surface area contributed by atoms with E-state index in [1.54, 1.807) is 0 Å². The van der Waals surface area contributed by atoms with E-state index in [0.717, 1.165) is 10.8 Å². The third kappa shape index (κ3) is 1.92. The zero-order valence-electron chi connectivity index (χ0n) is 8.16. The Hall–Kier alpha value is -0.180. The minimum absolute atomic E-state index is 0.232. The Morgan fingerprint density at radius 1 is 1.57 bits per heavy atom. The van der Waals surface area contributed by atoms with Crippen molar-refractivity contribution in [3.63, 3.8) is 0 Å². The van der Waals surface area contributed by atoms with Gasteiger partial charge in [0.05, 0.1) is 0 Å². The number of halogens is 1. The highest BCUT2D eigenvalue weighted by Crippen LogP contribution is 2.39. The summed E-state index contributed by atoms with van der Waals surface area (Å²) in [6.07, 6.45) is 1.18. The molecule has 0 fully saturated rings. The zero-order chi connectivity index (χ0) is 10.1. The third-order valence-corrected chi connectivity index (χ3v) is 4.04. The molecule has 1 aromatic carbocycles. The van der Waals surface area contributed by atoms with Crippen LogP contribution in [0.4, 0.5) is 0 Å². The van der Waals surface area contributed by atoms with Gasteiger partial charge >= 0.3 is 0 Å². The van der Waals surface area contributed by atoms with Crippen molar-refractivity contribution in [2.24, 2.45) is 5.73 Å². The Morgan fingerprint density at radius 3 is 3.07 bits per heavy atom. The zero-order valence-corrected chi connectivity index (χ0v) is 9.74. The molecule has 2 atom stereocenters. The summed E-state index contributed by atoms with van der Waals surface area (Å²) in [5, 5.41) is 0.821. The van der Waals surface area contributed by atoms with Crippen LogP contribution >= 0.6 is 23.4 Å². The summed E-state index contributed by atoms with van der Waals surface area (Å²) < 4.78 is 0. The summed E-state index contributed by atoms with van der Waals surface area (Å²) in [4.78, 5) is 1.31. The molecule has 14 heavy (non-hydrogen) atoms. The Bertz CT molecular complexity index is 338. The van der Waals surface area contributed by atoms with Gasteiger partial charge in [0.1, 0.15) is 0 Å². The SMILES string of the molecule is CC(N)C1CCSc2cc(Cl)ccc21. The monoisotopic (exact) mass is 227 g/mol. The fourth-order valence-corrected chi connectivity index (χ4v) is 3.36. The Labute approximate surface area is 94.0 Å². The van der Waals surface area contributed by atoms with Crippen LogP contribution in [0.15, 0.2) is 23.1 Å². The van der Waals surface area contributed by atoms with Crippen LogP contribution in [0.2, 0.25) is 5.02 Å². The van der Waals surface area contributed by atoms with Crippen molar-refractivity contribution in [2.45, 2.75) is 30.2 Å². The molecule has 0 amide bonds. The lowest BCUT2D eigenvalue weighted by atomic mass is 9.90. The maximum absolute atomic E-state index is 5.98. The quantitative estimate of drug-likeness (QED) is 0.797. The average Bonchev–Trinajstić information content (AvgIpc) is 2.16. The minimum atomic E-state index is 0.232. The summed E-state index contributed by atoms with van der Waals surface area (Å²) in [5.74, 6) is 1.66. The predicted octanol–water partition coefficient (Wildman–Crippen LogP) is 3.27. The Balaban J connectivity index is 2.40. The van der Waals surface area contributed by atoms with Crippen LogP contribution in [0.25, 0.3) is 0 Å². The lowest BCUT2D eigenvalue weighted by Gasteiger charge is -2.27. The highest BCUT2D eigenvalue weighted by molar-refractivity contribution is 7.99. The summed E-state index contributed by atoms with van der Waals surface area (Å²) in [6, 6.07) is 6.37. The molecule has 1 aromatic rings. The lowest BCUT2D eigenvalue weighted by Crippen LogP contribution is -2.27. The fourth-order valence-electron chi connectivity index (χ4n) is 1.94. The van der Waals surface area contributed by atoms with Crippen molar-refractivity contribution in [3.8, 4) is 0 Å². The van der Waals surface area contributed by atoms with Crippen molar-refractivity contribution in [1.29, 1.82) is 0 Å². The number of fused-ring (bicyclic) bond motifs is 1. The van der Waals surface area contributed by atoms with Gasteiger partial charge in [0, 0.05) is 21.9 Å². The van der Waals surface area contributed by atoms with Crippen molar-refractivity contribution >= 4 is 23.4 Å². The first-order valence-corrected chi connectivity index (χ1v) is 6.22. The van der Waals surface area contributed by atoms with Crippen LogP contribution in [-0.4, -0.2) is 11.8 Å². The van der Waals surface area contributed by atoms with E-state index in [2.05, 4.69) is 19.1 Å². The summed E-state index contributed by atoms with van der Waals surface area (Å²) >= 11 is 7.84. The first kappa shape index (κ1) is 10.3. The maximum atomic E-state index is 5.98. The van der Waals surface area contributed by atoms with Gasteiger partial charge in [-0.15, -0.1) is 11.8 Å². The maximum Gasteiger partial charge on any atom is 0.0417 e. The first-order chi connectivity index (χ1) is 6.68. The first-order valence-electron chi connectivity index (χ1n) is 4.86. The molecule has 1 heterocycles. The Morgan fingerprint density at radius 2 is 2.36 bits per heavy atom. The molecule has 3 heteroatoms. The molecule has 2 N–H and O–H groups in total. The molecule has 1 aliphatic heterocycles. The molecule has 0 saturated heterocycles. The van der Waals surface area contributed by atoms with E-state index in [1.807, 2.05) is 17.8 Å². The highest BCUT2D eigenvalue weighted by atomic mass is 35.5. The van der Waals surface area contributed by atoms with Crippen LogP contribution in [0, 0.1) is 0 Å². The van der Waals surface area contributed by atoms with E-state index >= 15 is 0 Å². The lowest BCUT2D eigenvalue weighted by molar-refractivity contribution is 0.543. The van der Waals surface area contributed by atoms with Gasteiger partial charge in [0.2, 0.25) is 0 Å². The summed E-state index contributed by atoms with van der Waals surface area (Å²) in [5.41, 5.74) is 7.35. The molecule has 0 aliphatic carbocycles. The van der Waals surface area contributed by atoms with E-state index in [9.17, 15) is 0 Å². The fraction of sp³-hybridized carbons (Fsp3) is 0.455. The van der Waals surface area contributed by atoms with E-state index in [4.69, 9.17) is 17.3 Å². The van der Waals surface area contributed by atoms with Gasteiger partial charge < -0.3 is 5.73 Å². The standard InChI is InChI=1S/C11H14ClNS/c1-7(13)9-4-5-14-11-6-8(12)2-3-10(9)11/h2-3,6-7,9H,4-5,13H2,1H3. The smallest absolute Gasteiger partial charge is 0.0417 e. The second kappa shape index (κ2) is 4.13. The predicted molar refractivity (Wildman–Crippen MR) is 63.2 cm³/mol. The average molecular weight is 228 g/mol. The molecule has 0 radical (unpaired) electrons. The van der Waals surface area contributed by atoms with Crippen LogP contribution in [0.3, 0.4) is 0 Å². The van der Waals surface area contributed by atoms with Gasteiger partial charge in [-0.3, -0.25) is 0 Å². The third-order valence-electron chi connectivity index (χ3n) is 2.70. The minimum Gasteiger partial charge on any atom is -0.327 e. The van der Waals surface area contributed by atoms with Crippen molar-refractivity contribution in [2.75, 3.05) is 5.75 Å². The van der Waals surface area contributed by atoms with Gasteiger partial charge in [-0.2, -0.15) is 0 Å². The van der Waals surface area contributed by atoms with Gasteiger partial charge in [0.25, 0.3) is 0 Å². The van der Waals surface area contributed by atoms with Gasteiger partial charge in [-0.1, -0.05) is 17.7 Å². The van der Waals surface area contributed by atoms with Crippen LogP contribution in [0.1, 0.15) is 24.8 Å². The van der Waals surface area contributed by atoms with Gasteiger partial charge in [-0.05, 0) is 36.8 Å². The molecule has 1 nitrogen and oxygen atoms in total. The molecule has 0 saturated carbocycles. The van der Waals surface area contributed by atoms with Crippen molar-refractivity contribution in [3.05, 3.63) is 28.8 Å². The largest absolute Gasteiger partial charge is 0.327 e. The number of nitrogens with two attached hydrogens (primary N) is 1. The second-order valence-electron chi connectivity index (χ2n) is 3.78. The Kier molecular flexibility index (Phi) is 3.05. The van der Waals surface area contributed by atoms with E-state index in [1.165, 1.54) is 16.9 Å².